The Labute approximate surface area is 120 Å². The molecular weight excluding hydrogens is 255 g/mol. The Morgan fingerprint density at radius 1 is 1.00 bits per heavy atom. The Morgan fingerprint density at radius 2 is 1.53 bits per heavy atom. The third-order valence-electron chi connectivity index (χ3n) is 3.83. The van der Waals surface area contributed by atoms with Crippen LogP contribution in [0.15, 0.2) is 35.1 Å². The molecule has 4 heteroatoms. The Hall–Kier alpha value is -0.705. The van der Waals surface area contributed by atoms with Crippen molar-refractivity contribution in [2.45, 2.75) is 43.8 Å². The Balaban J connectivity index is 2.04. The smallest absolute Gasteiger partial charge is 0.400 e. The topological polar surface area (TPSA) is 18.5 Å². The average molecular weight is 276 g/mol. The molecule has 0 amide bonds. The van der Waals surface area contributed by atoms with E-state index in [4.69, 9.17) is 9.31 Å². The maximum Gasteiger partial charge on any atom is 0.487 e. The largest absolute Gasteiger partial charge is 0.487 e. The summed E-state index contributed by atoms with van der Waals surface area (Å²) in [6.45, 7) is 8.25. The van der Waals surface area contributed by atoms with Crippen molar-refractivity contribution < 1.29 is 9.31 Å². The lowest BCUT2D eigenvalue weighted by atomic mass is 9.89. The number of hydrogen-bond acceptors (Lipinski definition) is 3. The first-order valence-electron chi connectivity index (χ1n) is 6.52. The lowest BCUT2D eigenvalue weighted by molar-refractivity contribution is 0.00578. The average Bonchev–Trinajstić information content (AvgIpc) is 2.56. The molecule has 0 saturated carbocycles. The van der Waals surface area contributed by atoms with Crippen LogP contribution in [-0.2, 0) is 9.31 Å². The van der Waals surface area contributed by atoms with Gasteiger partial charge in [0.2, 0.25) is 0 Å². The van der Waals surface area contributed by atoms with Gasteiger partial charge in [-0.15, -0.1) is 11.8 Å². The standard InChI is InChI=1S/C15H21BO2S/c1-14(2)15(3,4)18-16(17-14)11-10-12-6-8-13(19-5)9-7-12/h6-11H,1-5H3. The molecule has 102 valence electrons. The predicted molar refractivity (Wildman–Crippen MR) is 83.3 cm³/mol. The summed E-state index contributed by atoms with van der Waals surface area (Å²) < 4.78 is 11.8. The molecule has 1 aliphatic rings. The summed E-state index contributed by atoms with van der Waals surface area (Å²) in [6, 6.07) is 8.45. The van der Waals surface area contributed by atoms with Crippen LogP contribution in [0.2, 0.25) is 0 Å². The number of thioether (sulfide) groups is 1. The monoisotopic (exact) mass is 276 g/mol. The summed E-state index contributed by atoms with van der Waals surface area (Å²) in [6.07, 6.45) is 4.13. The van der Waals surface area contributed by atoms with Crippen LogP contribution in [0.4, 0.5) is 0 Å². The first kappa shape index (κ1) is 14.7. The van der Waals surface area contributed by atoms with Gasteiger partial charge < -0.3 is 9.31 Å². The molecule has 1 saturated heterocycles. The van der Waals surface area contributed by atoms with Gasteiger partial charge in [0.25, 0.3) is 0 Å². The van der Waals surface area contributed by atoms with Gasteiger partial charge in [-0.05, 0) is 51.6 Å². The molecule has 0 bridgehead atoms. The molecule has 0 unspecified atom stereocenters. The van der Waals surface area contributed by atoms with Crippen molar-refractivity contribution in [1.82, 2.24) is 0 Å². The van der Waals surface area contributed by atoms with Crippen molar-refractivity contribution in [3.05, 3.63) is 35.8 Å². The molecule has 1 heterocycles. The first-order chi connectivity index (χ1) is 8.84. The fourth-order valence-corrected chi connectivity index (χ4v) is 2.28. The van der Waals surface area contributed by atoms with Crippen LogP contribution in [0.1, 0.15) is 33.3 Å². The zero-order valence-corrected chi connectivity index (χ0v) is 13.1. The highest BCUT2D eigenvalue weighted by Gasteiger charge is 2.49. The van der Waals surface area contributed by atoms with E-state index in [1.54, 1.807) is 11.8 Å². The summed E-state index contributed by atoms with van der Waals surface area (Å²) >= 11 is 1.75. The van der Waals surface area contributed by atoms with Crippen LogP contribution >= 0.6 is 11.8 Å². The third-order valence-corrected chi connectivity index (χ3v) is 4.58. The maximum atomic E-state index is 5.92. The van der Waals surface area contributed by atoms with Crippen LogP contribution in [0.25, 0.3) is 6.08 Å². The lowest BCUT2D eigenvalue weighted by Gasteiger charge is -2.32. The second kappa shape index (κ2) is 5.35. The highest BCUT2D eigenvalue weighted by atomic mass is 32.2. The normalized spacial score (nSPS) is 21.2. The minimum atomic E-state index is -0.273. The van der Waals surface area contributed by atoms with Crippen molar-refractivity contribution in [2.24, 2.45) is 0 Å². The van der Waals surface area contributed by atoms with Gasteiger partial charge in [-0.2, -0.15) is 0 Å². The van der Waals surface area contributed by atoms with Crippen LogP contribution in [0.5, 0.6) is 0 Å². The van der Waals surface area contributed by atoms with E-state index in [1.165, 1.54) is 4.90 Å². The van der Waals surface area contributed by atoms with E-state index in [0.29, 0.717) is 0 Å². The van der Waals surface area contributed by atoms with E-state index >= 15 is 0 Å². The molecule has 1 aromatic carbocycles. The van der Waals surface area contributed by atoms with Gasteiger partial charge in [-0.25, -0.2) is 0 Å². The van der Waals surface area contributed by atoms with Gasteiger partial charge in [-0.1, -0.05) is 24.2 Å². The fraction of sp³-hybridized carbons (Fsp3) is 0.467. The SMILES string of the molecule is CSc1ccc(C=CB2OC(C)(C)C(C)(C)O2)cc1. The van der Waals surface area contributed by atoms with E-state index in [0.717, 1.165) is 5.56 Å². The minimum Gasteiger partial charge on any atom is -0.400 e. The molecular formula is C15H21BO2S. The van der Waals surface area contributed by atoms with Crippen molar-refractivity contribution in [1.29, 1.82) is 0 Å². The second-order valence-electron chi connectivity index (χ2n) is 5.76. The number of benzene rings is 1. The number of rotatable bonds is 3. The van der Waals surface area contributed by atoms with E-state index in [2.05, 4.69) is 58.2 Å². The maximum absolute atomic E-state index is 5.92. The van der Waals surface area contributed by atoms with E-state index in [1.807, 2.05) is 12.1 Å². The zero-order valence-electron chi connectivity index (χ0n) is 12.3. The summed E-state index contributed by atoms with van der Waals surface area (Å²) in [7, 11) is -0.273. The van der Waals surface area contributed by atoms with Crippen LogP contribution in [0, 0.1) is 0 Å². The fourth-order valence-electron chi connectivity index (χ4n) is 1.87. The molecule has 0 spiro atoms. The zero-order chi connectivity index (χ0) is 14.1. The summed E-state index contributed by atoms with van der Waals surface area (Å²) in [4.78, 5) is 1.27. The molecule has 0 aliphatic carbocycles. The molecule has 0 radical (unpaired) electrons. The van der Waals surface area contributed by atoms with Gasteiger partial charge in [0, 0.05) is 4.90 Å². The molecule has 1 aromatic rings. The highest BCUT2D eigenvalue weighted by Crippen LogP contribution is 2.37. The van der Waals surface area contributed by atoms with Crippen molar-refractivity contribution in [2.75, 3.05) is 6.26 Å². The van der Waals surface area contributed by atoms with Gasteiger partial charge in [-0.3, -0.25) is 0 Å². The Morgan fingerprint density at radius 3 is 2.00 bits per heavy atom. The quantitative estimate of drug-likeness (QED) is 0.613. The molecule has 0 atom stereocenters. The van der Waals surface area contributed by atoms with Crippen LogP contribution in [-0.4, -0.2) is 24.6 Å². The van der Waals surface area contributed by atoms with Gasteiger partial charge in [0.1, 0.15) is 0 Å². The highest BCUT2D eigenvalue weighted by molar-refractivity contribution is 7.98. The summed E-state index contributed by atoms with van der Waals surface area (Å²) in [5.41, 5.74) is 0.614. The molecule has 2 rings (SSSR count). The van der Waals surface area contributed by atoms with Crippen molar-refractivity contribution in [3.8, 4) is 0 Å². The molecule has 0 N–H and O–H groups in total. The van der Waals surface area contributed by atoms with Crippen molar-refractivity contribution >= 4 is 25.0 Å². The number of hydrogen-bond donors (Lipinski definition) is 0. The molecule has 19 heavy (non-hydrogen) atoms. The Kier molecular flexibility index (Phi) is 4.14. The predicted octanol–water partition coefficient (Wildman–Crippen LogP) is 4.05. The minimum absolute atomic E-state index is 0.273. The van der Waals surface area contributed by atoms with Gasteiger partial charge in [0.05, 0.1) is 11.2 Å². The Bertz CT molecular complexity index is 450. The van der Waals surface area contributed by atoms with E-state index < -0.39 is 0 Å². The summed E-state index contributed by atoms with van der Waals surface area (Å²) in [5, 5.41) is 0. The second-order valence-corrected chi connectivity index (χ2v) is 6.64. The molecule has 1 fully saturated rings. The first-order valence-corrected chi connectivity index (χ1v) is 7.74. The molecule has 2 nitrogen and oxygen atoms in total. The van der Waals surface area contributed by atoms with E-state index in [-0.39, 0.29) is 18.3 Å². The van der Waals surface area contributed by atoms with Gasteiger partial charge >= 0.3 is 7.12 Å². The molecule has 1 aliphatic heterocycles. The van der Waals surface area contributed by atoms with Crippen molar-refractivity contribution in [3.63, 3.8) is 0 Å². The van der Waals surface area contributed by atoms with Gasteiger partial charge in [0.15, 0.2) is 0 Å². The summed E-state index contributed by atoms with van der Waals surface area (Å²) in [5.74, 6) is 1.98. The van der Waals surface area contributed by atoms with E-state index in [9.17, 15) is 0 Å². The van der Waals surface area contributed by atoms with Crippen LogP contribution in [0.3, 0.4) is 0 Å². The molecule has 0 aromatic heterocycles. The lowest BCUT2D eigenvalue weighted by Crippen LogP contribution is -2.41. The third kappa shape index (κ3) is 3.25. The van der Waals surface area contributed by atoms with Crippen LogP contribution < -0.4 is 0 Å².